The van der Waals surface area contributed by atoms with Gasteiger partial charge in [0.25, 0.3) is 0 Å². The van der Waals surface area contributed by atoms with Crippen LogP contribution in [0.4, 0.5) is 0 Å². The lowest BCUT2D eigenvalue weighted by molar-refractivity contribution is 0.242. The largest absolute Gasteiger partial charge is 0.398 e. The van der Waals surface area contributed by atoms with Gasteiger partial charge in [0.15, 0.2) is 0 Å². The van der Waals surface area contributed by atoms with Crippen LogP contribution in [0.5, 0.6) is 0 Å². The van der Waals surface area contributed by atoms with Crippen molar-refractivity contribution in [2.45, 2.75) is 25.4 Å². The molecule has 0 fully saturated rings. The molecule has 0 radical (unpaired) electrons. The van der Waals surface area contributed by atoms with Crippen molar-refractivity contribution in [3.05, 3.63) is 0 Å². The van der Waals surface area contributed by atoms with Crippen LogP contribution < -0.4 is 0 Å². The molecule has 0 amide bonds. The van der Waals surface area contributed by atoms with Crippen LogP contribution in [-0.2, 0) is 8.85 Å². The Morgan fingerprint density at radius 1 is 1.18 bits per heavy atom. The standard InChI is InChI=1S/C7H17ClO2Si/c1-4-6-11(9-2,10-3)7-5-8/h4-7H2,1-3H3. The predicted octanol–water partition coefficient (Wildman–Crippen LogP) is 2.37. The fourth-order valence-electron chi connectivity index (χ4n) is 1.14. The van der Waals surface area contributed by atoms with Gasteiger partial charge in [-0.1, -0.05) is 13.3 Å². The summed E-state index contributed by atoms with van der Waals surface area (Å²) in [7, 11) is 1.56. The fraction of sp³-hybridized carbons (Fsp3) is 1.00. The molecular weight excluding hydrogens is 180 g/mol. The molecule has 0 spiro atoms. The van der Waals surface area contributed by atoms with Gasteiger partial charge >= 0.3 is 8.56 Å². The van der Waals surface area contributed by atoms with E-state index in [4.69, 9.17) is 20.5 Å². The summed E-state index contributed by atoms with van der Waals surface area (Å²) in [6.07, 6.45) is 1.10. The highest BCUT2D eigenvalue weighted by molar-refractivity contribution is 6.68. The minimum absolute atomic E-state index is 0.633. The van der Waals surface area contributed by atoms with Gasteiger partial charge in [-0.2, -0.15) is 0 Å². The van der Waals surface area contributed by atoms with E-state index in [1.54, 1.807) is 14.2 Å². The number of halogens is 1. The van der Waals surface area contributed by atoms with Gasteiger partial charge in [0.2, 0.25) is 0 Å². The van der Waals surface area contributed by atoms with Crippen molar-refractivity contribution in [2.24, 2.45) is 0 Å². The van der Waals surface area contributed by atoms with Crippen molar-refractivity contribution in [1.29, 1.82) is 0 Å². The first kappa shape index (κ1) is 11.4. The van der Waals surface area contributed by atoms with Gasteiger partial charge in [-0.05, 0) is 6.04 Å². The summed E-state index contributed by atoms with van der Waals surface area (Å²) in [6, 6.07) is 1.92. The molecule has 11 heavy (non-hydrogen) atoms. The molecule has 0 unspecified atom stereocenters. The summed E-state index contributed by atoms with van der Waals surface area (Å²) in [5, 5.41) is 0. The van der Waals surface area contributed by atoms with Gasteiger partial charge in [0.05, 0.1) is 0 Å². The van der Waals surface area contributed by atoms with Crippen molar-refractivity contribution >= 4 is 20.2 Å². The third kappa shape index (κ3) is 3.56. The lowest BCUT2D eigenvalue weighted by atomic mass is 10.6. The van der Waals surface area contributed by atoms with Gasteiger partial charge in [-0.15, -0.1) is 11.6 Å². The van der Waals surface area contributed by atoms with Crippen LogP contribution in [-0.4, -0.2) is 28.7 Å². The van der Waals surface area contributed by atoms with E-state index in [0.717, 1.165) is 18.5 Å². The summed E-state index contributed by atoms with van der Waals surface area (Å²) in [5.74, 6) is 0.633. The third-order valence-electron chi connectivity index (χ3n) is 1.85. The third-order valence-corrected chi connectivity index (χ3v) is 6.12. The molecule has 0 saturated heterocycles. The van der Waals surface area contributed by atoms with Crippen LogP contribution in [0.25, 0.3) is 0 Å². The maximum Gasteiger partial charge on any atom is 0.338 e. The molecule has 0 aromatic rings. The maximum absolute atomic E-state index is 5.65. The van der Waals surface area contributed by atoms with E-state index in [1.807, 2.05) is 0 Å². The van der Waals surface area contributed by atoms with Gasteiger partial charge in [-0.3, -0.25) is 0 Å². The molecule has 0 atom stereocenters. The molecule has 0 rings (SSSR count). The Kier molecular flexibility index (Phi) is 6.23. The van der Waals surface area contributed by atoms with Crippen molar-refractivity contribution in [3.8, 4) is 0 Å². The van der Waals surface area contributed by atoms with E-state index in [9.17, 15) is 0 Å². The monoisotopic (exact) mass is 196 g/mol. The first-order valence-electron chi connectivity index (χ1n) is 3.91. The van der Waals surface area contributed by atoms with E-state index in [1.165, 1.54) is 0 Å². The highest BCUT2D eigenvalue weighted by atomic mass is 35.5. The number of hydrogen-bond donors (Lipinski definition) is 0. The minimum Gasteiger partial charge on any atom is -0.398 e. The Hall–Kier alpha value is 0.427. The van der Waals surface area contributed by atoms with Crippen LogP contribution in [0.1, 0.15) is 13.3 Å². The van der Waals surface area contributed by atoms with Crippen LogP contribution in [0.3, 0.4) is 0 Å². The van der Waals surface area contributed by atoms with E-state index in [2.05, 4.69) is 6.92 Å². The topological polar surface area (TPSA) is 18.5 Å². The van der Waals surface area contributed by atoms with Gasteiger partial charge < -0.3 is 8.85 Å². The zero-order valence-corrected chi connectivity index (χ0v) is 9.28. The molecule has 0 aliphatic rings. The first-order valence-corrected chi connectivity index (χ1v) is 6.67. The van der Waals surface area contributed by atoms with Crippen molar-refractivity contribution < 1.29 is 8.85 Å². The van der Waals surface area contributed by atoms with Crippen molar-refractivity contribution in [1.82, 2.24) is 0 Å². The van der Waals surface area contributed by atoms with E-state index >= 15 is 0 Å². The summed E-state index contributed by atoms with van der Waals surface area (Å²) in [6.45, 7) is 2.13. The Bertz CT molecular complexity index is 88.4. The Balaban J connectivity index is 3.96. The van der Waals surface area contributed by atoms with E-state index in [-0.39, 0.29) is 0 Å². The van der Waals surface area contributed by atoms with Crippen LogP contribution in [0, 0.1) is 0 Å². The summed E-state index contributed by atoms with van der Waals surface area (Å²) < 4.78 is 10.8. The second kappa shape index (κ2) is 6.00. The summed E-state index contributed by atoms with van der Waals surface area (Å²) >= 11 is 5.65. The zero-order valence-electron chi connectivity index (χ0n) is 7.52. The molecule has 2 nitrogen and oxygen atoms in total. The number of rotatable bonds is 6. The molecule has 0 aliphatic heterocycles. The molecule has 0 aliphatic carbocycles. The smallest absolute Gasteiger partial charge is 0.338 e. The molecule has 0 bridgehead atoms. The molecular formula is C7H17ClO2Si. The first-order chi connectivity index (χ1) is 5.24. The molecule has 0 heterocycles. The van der Waals surface area contributed by atoms with Crippen LogP contribution >= 0.6 is 11.6 Å². The Morgan fingerprint density at radius 3 is 2.00 bits per heavy atom. The highest BCUT2D eigenvalue weighted by Crippen LogP contribution is 2.19. The summed E-state index contributed by atoms with van der Waals surface area (Å²) in [5.41, 5.74) is 0. The predicted molar refractivity (Wildman–Crippen MR) is 50.4 cm³/mol. The number of alkyl halides is 1. The van der Waals surface area contributed by atoms with Crippen LogP contribution in [0.2, 0.25) is 12.1 Å². The highest BCUT2D eigenvalue weighted by Gasteiger charge is 2.33. The molecule has 68 valence electrons. The van der Waals surface area contributed by atoms with Gasteiger partial charge in [-0.25, -0.2) is 0 Å². The van der Waals surface area contributed by atoms with Crippen LogP contribution in [0.15, 0.2) is 0 Å². The Labute approximate surface area is 75.1 Å². The second-order valence-electron chi connectivity index (χ2n) is 2.51. The van der Waals surface area contributed by atoms with E-state index < -0.39 is 8.56 Å². The Morgan fingerprint density at radius 2 is 1.73 bits per heavy atom. The van der Waals surface area contributed by atoms with Crippen molar-refractivity contribution in [3.63, 3.8) is 0 Å². The van der Waals surface area contributed by atoms with E-state index in [0.29, 0.717) is 5.88 Å². The lowest BCUT2D eigenvalue weighted by Gasteiger charge is -2.25. The average Bonchev–Trinajstić information content (AvgIpc) is 2.04. The maximum atomic E-state index is 5.65. The number of hydrogen-bond acceptors (Lipinski definition) is 2. The average molecular weight is 197 g/mol. The lowest BCUT2D eigenvalue weighted by Crippen LogP contribution is -2.40. The fourth-order valence-corrected chi connectivity index (χ4v) is 4.29. The molecule has 4 heteroatoms. The molecule has 0 aromatic carbocycles. The molecule has 0 N–H and O–H groups in total. The minimum atomic E-state index is -1.88. The molecule has 0 saturated carbocycles. The zero-order chi connectivity index (χ0) is 8.74. The quantitative estimate of drug-likeness (QED) is 0.480. The molecule has 0 aromatic heterocycles. The van der Waals surface area contributed by atoms with Crippen molar-refractivity contribution in [2.75, 3.05) is 20.1 Å². The normalized spacial score (nSPS) is 12.0. The van der Waals surface area contributed by atoms with Gasteiger partial charge in [0.1, 0.15) is 0 Å². The van der Waals surface area contributed by atoms with Gasteiger partial charge in [0, 0.05) is 26.1 Å². The second-order valence-corrected chi connectivity index (χ2v) is 6.52. The summed E-state index contributed by atoms with van der Waals surface area (Å²) in [4.78, 5) is 0. The SMILES string of the molecule is CCC[Si](CCCl)(OC)OC.